The fraction of sp³-hybridized carbons (Fsp3) is 1.00. The van der Waals surface area contributed by atoms with Gasteiger partial charge >= 0.3 is 63.5 Å². The molecule has 0 unspecified atom stereocenters. The van der Waals surface area contributed by atoms with Gasteiger partial charge in [-0.2, -0.15) is 0 Å². The molecule has 56 valence electrons. The van der Waals surface area contributed by atoms with Crippen molar-refractivity contribution in [2.75, 3.05) is 0 Å². The van der Waals surface area contributed by atoms with Gasteiger partial charge < -0.3 is 0 Å². The van der Waals surface area contributed by atoms with E-state index in [0.717, 1.165) is 0 Å². The zero-order valence-corrected chi connectivity index (χ0v) is 8.57. The van der Waals surface area contributed by atoms with Crippen molar-refractivity contribution in [3.05, 3.63) is 0 Å². The van der Waals surface area contributed by atoms with Crippen LogP contribution in [-0.2, 0) is 0 Å². The molecule has 0 aliphatic heterocycles. The van der Waals surface area contributed by atoms with E-state index in [0.29, 0.717) is 19.3 Å². The first-order valence-electron chi connectivity index (χ1n) is 3.13. The Labute approximate surface area is 64.0 Å². The van der Waals surface area contributed by atoms with Crippen LogP contribution >= 0.6 is 0 Å². The first-order valence-corrected chi connectivity index (χ1v) is 4.84. The van der Waals surface area contributed by atoms with Gasteiger partial charge in [0.15, 0.2) is 0 Å². The maximum atomic E-state index is 9.38. The summed E-state index contributed by atoms with van der Waals surface area (Å²) in [4.78, 5) is 0. The predicted octanol–water partition coefficient (Wildman–Crippen LogP) is 1.64. The van der Waals surface area contributed by atoms with Crippen LogP contribution in [0.2, 0.25) is 4.31 Å². The molecule has 0 aliphatic rings. The van der Waals surface area contributed by atoms with E-state index < -0.39 is 4.50 Å². The second-order valence-electron chi connectivity index (χ2n) is 3.66. The van der Waals surface area contributed by atoms with Crippen molar-refractivity contribution in [3.8, 4) is 0 Å². The van der Waals surface area contributed by atoms with E-state index in [1.807, 2.05) is 13.8 Å². The number of hydrogen-bond donors (Lipinski definition) is 1. The summed E-state index contributed by atoms with van der Waals surface area (Å²) in [6, 6.07) is 0. The van der Waals surface area contributed by atoms with Crippen LogP contribution in [0.3, 0.4) is 0 Å². The third kappa shape index (κ3) is 8.48. The maximum absolute atomic E-state index is 9.38. The minimum atomic E-state index is -0.453. The van der Waals surface area contributed by atoms with Gasteiger partial charge in [-0.05, 0) is 0 Å². The van der Waals surface area contributed by atoms with E-state index >= 15 is 0 Å². The summed E-state index contributed by atoms with van der Waals surface area (Å²) in [6.07, 6.45) is 0. The standard InChI is InChI=1S/C7H16OSe/c1-6(2,3)9-7(4,5)8/h8H,1-5H3. The molecule has 0 aliphatic carbocycles. The Kier molecular flexibility index (Phi) is 2.75. The van der Waals surface area contributed by atoms with E-state index in [9.17, 15) is 5.11 Å². The van der Waals surface area contributed by atoms with Crippen molar-refractivity contribution in [1.29, 1.82) is 0 Å². The van der Waals surface area contributed by atoms with E-state index in [-0.39, 0.29) is 0 Å². The van der Waals surface area contributed by atoms with Gasteiger partial charge in [0.25, 0.3) is 0 Å². The first-order chi connectivity index (χ1) is 3.71. The topological polar surface area (TPSA) is 20.2 Å². The van der Waals surface area contributed by atoms with Crippen molar-refractivity contribution in [3.63, 3.8) is 0 Å². The number of aliphatic hydroxyl groups is 1. The molecule has 0 atom stereocenters. The van der Waals surface area contributed by atoms with Crippen LogP contribution in [0.15, 0.2) is 0 Å². The summed E-state index contributed by atoms with van der Waals surface area (Å²) in [7, 11) is 0. The monoisotopic (exact) mass is 196 g/mol. The Morgan fingerprint density at radius 3 is 1.33 bits per heavy atom. The minimum absolute atomic E-state index is 0.297. The van der Waals surface area contributed by atoms with Crippen LogP contribution < -0.4 is 0 Å². The summed E-state index contributed by atoms with van der Waals surface area (Å²) in [5.41, 5.74) is 0. The molecule has 0 bridgehead atoms. The molecule has 0 aromatic rings. The Bertz CT molecular complexity index is 74.1. The van der Waals surface area contributed by atoms with Crippen molar-refractivity contribution in [1.82, 2.24) is 0 Å². The molecule has 0 aromatic heterocycles. The molecule has 1 nitrogen and oxygen atoms in total. The van der Waals surface area contributed by atoms with Gasteiger partial charge in [-0.3, -0.25) is 0 Å². The summed E-state index contributed by atoms with van der Waals surface area (Å²) in [5.74, 6) is 0. The number of rotatable bonds is 1. The SMILES string of the molecule is CC(C)(C)[Se]C(C)(C)O. The Morgan fingerprint density at radius 1 is 1.00 bits per heavy atom. The fourth-order valence-corrected chi connectivity index (χ4v) is 3.89. The molecule has 0 radical (unpaired) electrons. The van der Waals surface area contributed by atoms with E-state index in [1.165, 1.54) is 0 Å². The summed E-state index contributed by atoms with van der Waals surface area (Å²) >= 11 is 0.306. The summed E-state index contributed by atoms with van der Waals surface area (Å²) < 4.78 is -0.156. The van der Waals surface area contributed by atoms with Crippen LogP contribution in [0.1, 0.15) is 34.6 Å². The van der Waals surface area contributed by atoms with Gasteiger partial charge in [-0.15, -0.1) is 0 Å². The second-order valence-corrected chi connectivity index (χ2v) is 8.76. The van der Waals surface area contributed by atoms with Crippen LogP contribution in [0, 0.1) is 0 Å². The summed E-state index contributed by atoms with van der Waals surface area (Å²) in [5, 5.41) is 9.38. The molecule has 1 N–H and O–H groups in total. The number of hydrogen-bond acceptors (Lipinski definition) is 1. The molecular formula is C7H16OSe. The van der Waals surface area contributed by atoms with E-state index in [1.54, 1.807) is 0 Å². The summed E-state index contributed by atoms with van der Waals surface area (Å²) in [6.45, 7) is 10.2. The quantitative estimate of drug-likeness (QED) is 0.630. The van der Waals surface area contributed by atoms with Crippen molar-refractivity contribution in [2.24, 2.45) is 0 Å². The molecule has 0 heterocycles. The Morgan fingerprint density at radius 2 is 1.33 bits per heavy atom. The Balaban J connectivity index is 3.75. The molecule has 0 fully saturated rings. The van der Waals surface area contributed by atoms with Crippen LogP contribution in [0.25, 0.3) is 0 Å². The van der Waals surface area contributed by atoms with E-state index in [4.69, 9.17) is 0 Å². The molecule has 0 saturated carbocycles. The normalized spacial score (nSPS) is 14.0. The predicted molar refractivity (Wildman–Crippen MR) is 41.8 cm³/mol. The van der Waals surface area contributed by atoms with E-state index in [2.05, 4.69) is 20.8 Å². The van der Waals surface area contributed by atoms with Gasteiger partial charge in [0.1, 0.15) is 0 Å². The molecule has 9 heavy (non-hydrogen) atoms. The molecule has 0 saturated heterocycles. The fourth-order valence-electron chi connectivity index (χ4n) is 0.749. The second kappa shape index (κ2) is 2.61. The van der Waals surface area contributed by atoms with Gasteiger partial charge in [0, 0.05) is 0 Å². The van der Waals surface area contributed by atoms with Crippen LogP contribution in [0.4, 0.5) is 0 Å². The first kappa shape index (κ1) is 9.48. The van der Waals surface area contributed by atoms with Crippen molar-refractivity contribution >= 4 is 15.0 Å². The zero-order valence-electron chi connectivity index (χ0n) is 6.86. The van der Waals surface area contributed by atoms with Crippen molar-refractivity contribution < 1.29 is 5.11 Å². The third-order valence-corrected chi connectivity index (χ3v) is 2.89. The molecule has 0 rings (SSSR count). The van der Waals surface area contributed by atoms with Crippen LogP contribution in [-0.4, -0.2) is 24.6 Å². The Hall–Kier alpha value is 0.479. The molecule has 0 aromatic carbocycles. The van der Waals surface area contributed by atoms with Crippen LogP contribution in [0.5, 0.6) is 0 Å². The average Bonchev–Trinajstić information content (AvgIpc) is 1.14. The molecular weight excluding hydrogens is 179 g/mol. The molecule has 0 amide bonds. The van der Waals surface area contributed by atoms with Gasteiger partial charge in [0.2, 0.25) is 0 Å². The molecule has 2 heteroatoms. The van der Waals surface area contributed by atoms with Gasteiger partial charge in [-0.25, -0.2) is 0 Å². The average molecular weight is 195 g/mol. The third-order valence-electron chi connectivity index (χ3n) is 0.556. The molecule has 0 spiro atoms. The van der Waals surface area contributed by atoms with Gasteiger partial charge in [0.05, 0.1) is 0 Å². The van der Waals surface area contributed by atoms with Gasteiger partial charge in [-0.1, -0.05) is 0 Å². The zero-order chi connectivity index (χ0) is 7.71. The van der Waals surface area contributed by atoms with Crippen molar-refractivity contribution in [2.45, 2.75) is 43.4 Å².